The lowest BCUT2D eigenvalue weighted by Gasteiger charge is -2.14. The van der Waals surface area contributed by atoms with Gasteiger partial charge in [-0.1, -0.05) is 0 Å². The van der Waals surface area contributed by atoms with Crippen molar-refractivity contribution in [3.8, 4) is 5.75 Å². The van der Waals surface area contributed by atoms with Gasteiger partial charge in [0.15, 0.2) is 5.78 Å². The van der Waals surface area contributed by atoms with Crippen LogP contribution in [-0.2, 0) is 6.18 Å². The molecule has 0 heterocycles. The van der Waals surface area contributed by atoms with Gasteiger partial charge in [0.05, 0.1) is 12.7 Å². The van der Waals surface area contributed by atoms with E-state index in [1.54, 1.807) is 0 Å². The zero-order valence-corrected chi connectivity index (χ0v) is 8.48. The third-order valence-corrected chi connectivity index (χ3v) is 1.99. The maximum atomic E-state index is 13.4. The zero-order chi connectivity index (χ0) is 12.5. The summed E-state index contributed by atoms with van der Waals surface area (Å²) < 4.78 is 55.4. The number of benzene rings is 1. The minimum absolute atomic E-state index is 0.604. The van der Waals surface area contributed by atoms with Crippen molar-refractivity contribution in [3.63, 3.8) is 0 Å². The Hall–Kier alpha value is -1.59. The van der Waals surface area contributed by atoms with E-state index in [0.717, 1.165) is 26.2 Å². The number of ether oxygens (including phenoxy) is 1. The minimum atomic E-state index is -4.90. The number of hydrogen-bond donors (Lipinski definition) is 0. The van der Waals surface area contributed by atoms with Crippen LogP contribution in [0.25, 0.3) is 0 Å². The molecule has 1 rings (SSSR count). The van der Waals surface area contributed by atoms with Crippen molar-refractivity contribution in [1.29, 1.82) is 0 Å². The van der Waals surface area contributed by atoms with E-state index in [0.29, 0.717) is 0 Å². The molecular weight excluding hydrogens is 228 g/mol. The van der Waals surface area contributed by atoms with Crippen molar-refractivity contribution in [1.82, 2.24) is 0 Å². The maximum absolute atomic E-state index is 13.4. The monoisotopic (exact) mass is 236 g/mol. The van der Waals surface area contributed by atoms with Crippen LogP contribution in [0.15, 0.2) is 12.1 Å². The summed E-state index contributed by atoms with van der Waals surface area (Å²) in [7, 11) is 0.997. The molecule has 0 aliphatic heterocycles. The molecule has 1 aromatic rings. The van der Waals surface area contributed by atoms with Gasteiger partial charge in [-0.3, -0.25) is 4.79 Å². The topological polar surface area (TPSA) is 26.3 Å². The van der Waals surface area contributed by atoms with E-state index in [1.165, 1.54) is 0 Å². The van der Waals surface area contributed by atoms with Gasteiger partial charge in [0.2, 0.25) is 0 Å². The Morgan fingerprint density at radius 3 is 2.25 bits per heavy atom. The smallest absolute Gasteiger partial charge is 0.422 e. The van der Waals surface area contributed by atoms with Gasteiger partial charge in [0.25, 0.3) is 0 Å². The fourth-order valence-corrected chi connectivity index (χ4v) is 1.26. The first kappa shape index (κ1) is 12.5. The van der Waals surface area contributed by atoms with Gasteiger partial charge >= 0.3 is 6.18 Å². The van der Waals surface area contributed by atoms with E-state index >= 15 is 0 Å². The molecule has 0 atom stereocenters. The van der Waals surface area contributed by atoms with Crippen molar-refractivity contribution in [2.45, 2.75) is 13.1 Å². The first-order valence-corrected chi connectivity index (χ1v) is 4.23. The van der Waals surface area contributed by atoms with Crippen LogP contribution in [-0.4, -0.2) is 12.9 Å². The Bertz CT molecular complexity index is 424. The van der Waals surface area contributed by atoms with Crippen LogP contribution in [0.5, 0.6) is 5.75 Å². The van der Waals surface area contributed by atoms with Gasteiger partial charge in [-0.2, -0.15) is 13.2 Å². The molecule has 1 aromatic carbocycles. The lowest BCUT2D eigenvalue weighted by atomic mass is 10.1. The van der Waals surface area contributed by atoms with Gasteiger partial charge in [-0.05, 0) is 19.1 Å². The molecule has 0 saturated carbocycles. The highest BCUT2D eigenvalue weighted by atomic mass is 19.4. The fourth-order valence-electron chi connectivity index (χ4n) is 1.26. The summed E-state index contributed by atoms with van der Waals surface area (Å²) in [6, 6.07) is 1.88. The Labute approximate surface area is 88.8 Å². The van der Waals surface area contributed by atoms with E-state index in [2.05, 4.69) is 4.74 Å². The van der Waals surface area contributed by atoms with Crippen molar-refractivity contribution < 1.29 is 27.1 Å². The average molecular weight is 236 g/mol. The molecule has 0 aliphatic carbocycles. The molecular formula is C10H8F4O2. The molecule has 6 heteroatoms. The first-order chi connectivity index (χ1) is 7.29. The number of halogens is 4. The van der Waals surface area contributed by atoms with E-state index in [9.17, 15) is 22.4 Å². The van der Waals surface area contributed by atoms with Crippen molar-refractivity contribution >= 4 is 5.78 Å². The predicted octanol–water partition coefficient (Wildman–Crippen LogP) is 3.06. The second kappa shape index (κ2) is 4.11. The van der Waals surface area contributed by atoms with Crippen LogP contribution in [0, 0.1) is 5.82 Å². The number of ketones is 1. The molecule has 0 amide bonds. The van der Waals surface area contributed by atoms with Gasteiger partial charge < -0.3 is 4.74 Å². The summed E-state index contributed by atoms with van der Waals surface area (Å²) in [5, 5.41) is 0. The fraction of sp³-hybridized carbons (Fsp3) is 0.300. The number of rotatable bonds is 2. The third kappa shape index (κ3) is 2.15. The molecule has 2 nitrogen and oxygen atoms in total. The zero-order valence-electron chi connectivity index (χ0n) is 8.48. The number of carbonyl (C=O) groups excluding carboxylic acids is 1. The van der Waals surface area contributed by atoms with Crippen LogP contribution >= 0.6 is 0 Å². The Morgan fingerprint density at radius 1 is 1.31 bits per heavy atom. The molecule has 0 bridgehead atoms. The van der Waals surface area contributed by atoms with E-state index in [-0.39, 0.29) is 0 Å². The lowest BCUT2D eigenvalue weighted by molar-refractivity contribution is -0.141. The normalized spacial score (nSPS) is 11.4. The van der Waals surface area contributed by atoms with Crippen LogP contribution in [0.2, 0.25) is 0 Å². The van der Waals surface area contributed by atoms with E-state index < -0.39 is 34.7 Å². The van der Waals surface area contributed by atoms with Crippen LogP contribution < -0.4 is 4.74 Å². The Balaban J connectivity index is 3.53. The van der Waals surface area contributed by atoms with Gasteiger partial charge in [0, 0.05) is 0 Å². The number of hydrogen-bond acceptors (Lipinski definition) is 2. The van der Waals surface area contributed by atoms with Crippen LogP contribution in [0.3, 0.4) is 0 Å². The predicted molar refractivity (Wildman–Crippen MR) is 48.0 cm³/mol. The summed E-state index contributed by atoms with van der Waals surface area (Å²) in [5.41, 5.74) is -2.16. The van der Waals surface area contributed by atoms with E-state index in [4.69, 9.17) is 0 Å². The molecule has 0 spiro atoms. The maximum Gasteiger partial charge on any atom is 0.422 e. The molecule has 0 saturated heterocycles. The quantitative estimate of drug-likeness (QED) is 0.582. The largest absolute Gasteiger partial charge is 0.496 e. The summed E-state index contributed by atoms with van der Waals surface area (Å²) >= 11 is 0. The third-order valence-electron chi connectivity index (χ3n) is 1.99. The first-order valence-electron chi connectivity index (χ1n) is 4.23. The van der Waals surface area contributed by atoms with Crippen molar-refractivity contribution in [3.05, 3.63) is 29.1 Å². The summed E-state index contributed by atoms with van der Waals surface area (Å²) in [5.74, 6) is -3.01. The molecule has 88 valence electrons. The standard InChI is InChI=1S/C10H8F4O2/c1-5(15)6-3-4-7(16-2)8(9(6)11)10(12,13)14/h3-4H,1-2H3. The number of alkyl halides is 3. The molecule has 0 fully saturated rings. The summed E-state index contributed by atoms with van der Waals surface area (Å²) in [6.07, 6.45) is -4.90. The molecule has 0 aliphatic rings. The summed E-state index contributed by atoms with van der Waals surface area (Å²) in [6.45, 7) is 0.991. The van der Waals surface area contributed by atoms with Gasteiger partial charge in [-0.25, -0.2) is 4.39 Å². The minimum Gasteiger partial charge on any atom is -0.496 e. The summed E-state index contributed by atoms with van der Waals surface area (Å²) in [4.78, 5) is 10.9. The molecule has 0 unspecified atom stereocenters. The number of Topliss-reactive ketones (excluding diaryl/α,β-unsaturated/α-hetero) is 1. The van der Waals surface area contributed by atoms with Gasteiger partial charge in [-0.15, -0.1) is 0 Å². The van der Waals surface area contributed by atoms with E-state index in [1.807, 2.05) is 0 Å². The second-order valence-electron chi connectivity index (χ2n) is 3.06. The van der Waals surface area contributed by atoms with Crippen LogP contribution in [0.4, 0.5) is 17.6 Å². The van der Waals surface area contributed by atoms with Crippen LogP contribution in [0.1, 0.15) is 22.8 Å². The van der Waals surface area contributed by atoms with Crippen molar-refractivity contribution in [2.75, 3.05) is 7.11 Å². The lowest BCUT2D eigenvalue weighted by Crippen LogP contribution is -2.13. The number of methoxy groups -OCH3 is 1. The Morgan fingerprint density at radius 2 is 1.88 bits per heavy atom. The molecule has 0 aromatic heterocycles. The Kier molecular flexibility index (Phi) is 3.21. The number of carbonyl (C=O) groups is 1. The van der Waals surface area contributed by atoms with Gasteiger partial charge in [0.1, 0.15) is 17.1 Å². The average Bonchev–Trinajstić information content (AvgIpc) is 2.14. The second-order valence-corrected chi connectivity index (χ2v) is 3.06. The highest BCUT2D eigenvalue weighted by molar-refractivity contribution is 5.94. The highest BCUT2D eigenvalue weighted by Crippen LogP contribution is 2.39. The SMILES string of the molecule is COc1ccc(C(C)=O)c(F)c1C(F)(F)F. The van der Waals surface area contributed by atoms with Crippen molar-refractivity contribution in [2.24, 2.45) is 0 Å². The molecule has 0 N–H and O–H groups in total. The molecule has 16 heavy (non-hydrogen) atoms. The molecule has 0 radical (unpaired) electrons. The highest BCUT2D eigenvalue weighted by Gasteiger charge is 2.39.